The van der Waals surface area contributed by atoms with Gasteiger partial charge in [0.25, 0.3) is 0 Å². The standard InChI is InChI=1S/C15H21F3N2O4/c1-8-5-12(24-14(8,2)15(16,17)18)13(23)20-9-3-4-10(19-6-9)11(22)7-21/h3-4,6,8,11-13,20-23H,5,7H2,1-2H3/t8-,11-,12?,13?,14+/m0/s1. The third kappa shape index (κ3) is 3.64. The van der Waals surface area contributed by atoms with Crippen LogP contribution in [0.15, 0.2) is 18.3 Å². The Morgan fingerprint density at radius 1 is 1.42 bits per heavy atom. The maximum Gasteiger partial charge on any atom is 0.417 e. The van der Waals surface area contributed by atoms with Gasteiger partial charge in [0.15, 0.2) is 11.8 Å². The number of rotatable bonds is 5. The Morgan fingerprint density at radius 2 is 2.08 bits per heavy atom. The van der Waals surface area contributed by atoms with Gasteiger partial charge in [-0.25, -0.2) is 0 Å². The molecule has 4 N–H and O–H groups in total. The zero-order valence-electron chi connectivity index (χ0n) is 13.3. The fraction of sp³-hybridized carbons (Fsp3) is 0.667. The van der Waals surface area contributed by atoms with Gasteiger partial charge >= 0.3 is 6.18 Å². The molecule has 1 aromatic rings. The molecule has 2 rings (SSSR count). The Morgan fingerprint density at radius 3 is 2.54 bits per heavy atom. The van der Waals surface area contributed by atoms with E-state index in [0.29, 0.717) is 5.69 Å². The lowest BCUT2D eigenvalue weighted by molar-refractivity contribution is -0.278. The second kappa shape index (κ2) is 6.83. The number of nitrogens with zero attached hydrogens (tertiary/aromatic N) is 1. The predicted octanol–water partition coefficient (Wildman–Crippen LogP) is 1.58. The molecule has 6 nitrogen and oxygen atoms in total. The molecule has 1 aliphatic heterocycles. The number of aliphatic hydroxyl groups excluding tert-OH is 3. The zero-order valence-corrected chi connectivity index (χ0v) is 13.3. The highest BCUT2D eigenvalue weighted by Gasteiger charge is 2.61. The molecular weight excluding hydrogens is 329 g/mol. The number of nitrogens with one attached hydrogen (secondary N) is 1. The minimum Gasteiger partial charge on any atom is -0.393 e. The van der Waals surface area contributed by atoms with Gasteiger partial charge in [-0.05, 0) is 31.4 Å². The minimum absolute atomic E-state index is 0.0545. The highest BCUT2D eigenvalue weighted by atomic mass is 19.4. The van der Waals surface area contributed by atoms with Crippen LogP contribution in [-0.4, -0.2) is 51.0 Å². The van der Waals surface area contributed by atoms with Crippen molar-refractivity contribution in [1.29, 1.82) is 0 Å². The first-order valence-corrected chi connectivity index (χ1v) is 7.52. The summed E-state index contributed by atoms with van der Waals surface area (Å²) < 4.78 is 44.5. The molecule has 0 bridgehead atoms. The summed E-state index contributed by atoms with van der Waals surface area (Å²) in [6.45, 7) is 1.94. The summed E-state index contributed by atoms with van der Waals surface area (Å²) >= 11 is 0. The zero-order chi connectivity index (χ0) is 18.1. The summed E-state index contributed by atoms with van der Waals surface area (Å²) in [6, 6.07) is 2.93. The van der Waals surface area contributed by atoms with E-state index in [1.807, 2.05) is 0 Å². The van der Waals surface area contributed by atoms with Crippen molar-refractivity contribution in [3.05, 3.63) is 24.0 Å². The predicted molar refractivity (Wildman–Crippen MR) is 79.0 cm³/mol. The number of halogens is 3. The number of aromatic nitrogens is 1. The van der Waals surface area contributed by atoms with Crippen LogP contribution in [0.2, 0.25) is 0 Å². The molecule has 1 aromatic heterocycles. The van der Waals surface area contributed by atoms with Crippen LogP contribution in [0.3, 0.4) is 0 Å². The molecule has 136 valence electrons. The minimum atomic E-state index is -4.52. The number of hydrogen-bond donors (Lipinski definition) is 4. The van der Waals surface area contributed by atoms with Crippen molar-refractivity contribution in [3.63, 3.8) is 0 Å². The molecular formula is C15H21F3N2O4. The first kappa shape index (κ1) is 18.9. The van der Waals surface area contributed by atoms with Gasteiger partial charge in [-0.1, -0.05) is 6.92 Å². The maximum absolute atomic E-state index is 13.1. The summed E-state index contributed by atoms with van der Waals surface area (Å²) in [5.41, 5.74) is -1.70. The Bertz CT molecular complexity index is 555. The van der Waals surface area contributed by atoms with Crippen LogP contribution in [0.4, 0.5) is 18.9 Å². The van der Waals surface area contributed by atoms with Crippen LogP contribution >= 0.6 is 0 Å². The fourth-order valence-electron chi connectivity index (χ4n) is 2.64. The van der Waals surface area contributed by atoms with Crippen molar-refractivity contribution in [2.24, 2.45) is 5.92 Å². The second-order valence-corrected chi connectivity index (χ2v) is 6.16. The summed E-state index contributed by atoms with van der Waals surface area (Å²) in [6.07, 6.45) is -6.64. The molecule has 0 radical (unpaired) electrons. The highest BCUT2D eigenvalue weighted by Crippen LogP contribution is 2.47. The summed E-state index contributed by atoms with van der Waals surface area (Å²) in [4.78, 5) is 3.91. The third-order valence-electron chi connectivity index (χ3n) is 4.45. The molecule has 24 heavy (non-hydrogen) atoms. The van der Waals surface area contributed by atoms with Crippen molar-refractivity contribution in [2.75, 3.05) is 11.9 Å². The van der Waals surface area contributed by atoms with E-state index >= 15 is 0 Å². The Balaban J connectivity index is 2.02. The quantitative estimate of drug-likeness (QED) is 0.603. The molecule has 1 fully saturated rings. The van der Waals surface area contributed by atoms with E-state index in [1.165, 1.54) is 25.3 Å². The Kier molecular flexibility index (Phi) is 5.38. The van der Waals surface area contributed by atoms with E-state index in [-0.39, 0.29) is 12.1 Å². The number of hydrogen-bond acceptors (Lipinski definition) is 6. The summed E-state index contributed by atoms with van der Waals surface area (Å²) in [7, 11) is 0. The van der Waals surface area contributed by atoms with Crippen molar-refractivity contribution in [3.8, 4) is 0 Å². The van der Waals surface area contributed by atoms with Crippen molar-refractivity contribution in [1.82, 2.24) is 4.98 Å². The van der Waals surface area contributed by atoms with Crippen molar-refractivity contribution >= 4 is 5.69 Å². The lowest BCUT2D eigenvalue weighted by atomic mass is 9.89. The van der Waals surface area contributed by atoms with Gasteiger partial charge in [-0.2, -0.15) is 13.2 Å². The van der Waals surface area contributed by atoms with E-state index in [1.54, 1.807) is 0 Å². The van der Waals surface area contributed by atoms with Gasteiger partial charge in [0.2, 0.25) is 0 Å². The van der Waals surface area contributed by atoms with E-state index in [0.717, 1.165) is 6.92 Å². The van der Waals surface area contributed by atoms with Gasteiger partial charge in [0.05, 0.1) is 24.2 Å². The van der Waals surface area contributed by atoms with Gasteiger partial charge in [0, 0.05) is 0 Å². The molecule has 0 aliphatic carbocycles. The largest absolute Gasteiger partial charge is 0.417 e. The highest BCUT2D eigenvalue weighted by molar-refractivity contribution is 5.42. The number of aliphatic hydroxyl groups is 3. The molecule has 2 unspecified atom stereocenters. The smallest absolute Gasteiger partial charge is 0.393 e. The summed E-state index contributed by atoms with van der Waals surface area (Å²) in [5, 5.41) is 31.0. The number of ether oxygens (including phenoxy) is 1. The molecule has 9 heteroatoms. The monoisotopic (exact) mass is 350 g/mol. The third-order valence-corrected chi connectivity index (χ3v) is 4.45. The first-order valence-electron chi connectivity index (χ1n) is 7.52. The van der Waals surface area contributed by atoms with E-state index in [9.17, 15) is 23.4 Å². The van der Waals surface area contributed by atoms with Crippen LogP contribution in [0.5, 0.6) is 0 Å². The fourth-order valence-corrected chi connectivity index (χ4v) is 2.64. The number of anilines is 1. The molecule has 0 saturated carbocycles. The van der Waals surface area contributed by atoms with Crippen LogP contribution in [-0.2, 0) is 4.74 Å². The van der Waals surface area contributed by atoms with Crippen molar-refractivity contribution in [2.45, 2.75) is 50.5 Å². The van der Waals surface area contributed by atoms with Crippen LogP contribution < -0.4 is 5.32 Å². The lowest BCUT2D eigenvalue weighted by Crippen LogP contribution is -2.47. The number of pyridine rings is 1. The van der Waals surface area contributed by atoms with Crippen LogP contribution in [0.25, 0.3) is 0 Å². The average Bonchev–Trinajstić information content (AvgIpc) is 2.84. The van der Waals surface area contributed by atoms with E-state index < -0.39 is 42.7 Å². The van der Waals surface area contributed by atoms with Gasteiger partial charge in [-0.3, -0.25) is 4.98 Å². The molecule has 0 spiro atoms. The first-order chi connectivity index (χ1) is 11.1. The van der Waals surface area contributed by atoms with E-state index in [2.05, 4.69) is 10.3 Å². The Hall–Kier alpha value is -1.42. The Labute approximate surface area is 137 Å². The van der Waals surface area contributed by atoms with Gasteiger partial charge in [0.1, 0.15) is 12.2 Å². The average molecular weight is 350 g/mol. The molecule has 1 saturated heterocycles. The SMILES string of the molecule is C[C@H]1CC(C(O)Nc2ccc([C@@H](O)CO)nc2)O[C@@]1(C)C(F)(F)F. The summed E-state index contributed by atoms with van der Waals surface area (Å²) in [5.74, 6) is -0.792. The second-order valence-electron chi connectivity index (χ2n) is 6.16. The van der Waals surface area contributed by atoms with E-state index in [4.69, 9.17) is 9.84 Å². The van der Waals surface area contributed by atoms with Crippen LogP contribution in [0, 0.1) is 5.92 Å². The normalized spacial score (nSPS) is 30.2. The molecule has 1 aliphatic rings. The van der Waals surface area contributed by atoms with Gasteiger partial charge in [-0.15, -0.1) is 0 Å². The molecule has 2 heterocycles. The molecule has 5 atom stereocenters. The molecule has 0 aromatic carbocycles. The lowest BCUT2D eigenvalue weighted by Gasteiger charge is -2.31. The topological polar surface area (TPSA) is 94.8 Å². The maximum atomic E-state index is 13.1. The number of alkyl halides is 3. The van der Waals surface area contributed by atoms with Crippen LogP contribution in [0.1, 0.15) is 32.1 Å². The van der Waals surface area contributed by atoms with Gasteiger partial charge < -0.3 is 25.4 Å². The molecule has 0 amide bonds. The van der Waals surface area contributed by atoms with Crippen molar-refractivity contribution < 1.29 is 33.2 Å².